The quantitative estimate of drug-likeness (QED) is 0.774. The third kappa shape index (κ3) is 4.45. The normalized spacial score (nSPS) is 12.1. The first-order valence-electron chi connectivity index (χ1n) is 6.75. The zero-order valence-corrected chi connectivity index (χ0v) is 13.2. The lowest BCUT2D eigenvalue weighted by molar-refractivity contribution is -0.0511. The summed E-state index contributed by atoms with van der Waals surface area (Å²) in [6.07, 6.45) is 0. The van der Waals surface area contributed by atoms with E-state index in [1.807, 2.05) is 6.92 Å². The first kappa shape index (κ1) is 17.3. The molecule has 1 unspecified atom stereocenters. The molecule has 0 fully saturated rings. The van der Waals surface area contributed by atoms with Crippen LogP contribution in [0.5, 0.6) is 11.5 Å². The lowest BCUT2D eigenvalue weighted by Crippen LogP contribution is -2.08. The molecular weight excluding hydrogens is 331 g/mol. The Labute approximate surface area is 137 Å². The average Bonchev–Trinajstić information content (AvgIpc) is 2.49. The Morgan fingerprint density at radius 1 is 1.09 bits per heavy atom. The molecule has 2 aromatic rings. The number of nitrogens with one attached hydrogen (secondary N) is 1. The van der Waals surface area contributed by atoms with Gasteiger partial charge in [0.2, 0.25) is 0 Å². The van der Waals surface area contributed by atoms with E-state index in [1.165, 1.54) is 31.4 Å². The largest absolute Gasteiger partial charge is 0.493 e. The molecule has 0 saturated carbocycles. The van der Waals surface area contributed by atoms with E-state index < -0.39 is 12.4 Å². The van der Waals surface area contributed by atoms with Gasteiger partial charge >= 0.3 is 6.61 Å². The van der Waals surface area contributed by atoms with Crippen LogP contribution in [0.15, 0.2) is 36.4 Å². The van der Waals surface area contributed by atoms with E-state index >= 15 is 0 Å². The molecule has 7 heteroatoms. The second-order valence-corrected chi connectivity index (χ2v) is 5.19. The lowest BCUT2D eigenvalue weighted by atomic mass is 10.1. The molecule has 0 aliphatic heterocycles. The minimum Gasteiger partial charge on any atom is -0.493 e. The van der Waals surface area contributed by atoms with E-state index in [2.05, 4.69) is 10.1 Å². The van der Waals surface area contributed by atoms with Crippen molar-refractivity contribution in [2.24, 2.45) is 0 Å². The van der Waals surface area contributed by atoms with Crippen molar-refractivity contribution >= 4 is 17.3 Å². The number of hydrogen-bond donors (Lipinski definition) is 1. The van der Waals surface area contributed by atoms with E-state index in [1.54, 1.807) is 12.1 Å². The summed E-state index contributed by atoms with van der Waals surface area (Å²) in [5, 5.41) is 3.13. The summed E-state index contributed by atoms with van der Waals surface area (Å²) in [5.74, 6) is -0.371. The molecule has 0 heterocycles. The number of benzene rings is 2. The van der Waals surface area contributed by atoms with Gasteiger partial charge in [-0.1, -0.05) is 17.7 Å². The summed E-state index contributed by atoms with van der Waals surface area (Å²) in [4.78, 5) is 0. The molecule has 0 spiro atoms. The molecule has 2 aromatic carbocycles. The molecule has 2 rings (SSSR count). The number of alkyl halides is 2. The van der Waals surface area contributed by atoms with E-state index in [0.29, 0.717) is 5.69 Å². The van der Waals surface area contributed by atoms with E-state index in [9.17, 15) is 13.2 Å². The summed E-state index contributed by atoms with van der Waals surface area (Å²) in [7, 11) is 1.36. The maximum atomic E-state index is 13.2. The highest BCUT2D eigenvalue weighted by molar-refractivity contribution is 6.30. The molecule has 1 N–H and O–H groups in total. The number of methoxy groups -OCH3 is 1. The van der Waals surface area contributed by atoms with Crippen LogP contribution in [-0.2, 0) is 0 Å². The molecule has 0 saturated heterocycles. The molecule has 0 aliphatic rings. The molecule has 0 bridgehead atoms. The predicted molar refractivity (Wildman–Crippen MR) is 83.1 cm³/mol. The monoisotopic (exact) mass is 345 g/mol. The lowest BCUT2D eigenvalue weighted by Gasteiger charge is -2.18. The van der Waals surface area contributed by atoms with Crippen LogP contribution in [-0.4, -0.2) is 13.7 Å². The van der Waals surface area contributed by atoms with Crippen LogP contribution < -0.4 is 14.8 Å². The zero-order chi connectivity index (χ0) is 17.0. The van der Waals surface area contributed by atoms with Crippen LogP contribution in [0.1, 0.15) is 18.5 Å². The van der Waals surface area contributed by atoms with Gasteiger partial charge in [-0.25, -0.2) is 4.39 Å². The molecule has 0 radical (unpaired) electrons. The van der Waals surface area contributed by atoms with Crippen molar-refractivity contribution in [3.05, 3.63) is 52.8 Å². The van der Waals surface area contributed by atoms with Crippen molar-refractivity contribution in [2.75, 3.05) is 12.4 Å². The standard InChI is InChI=1S/C16H15ClF3NO2/c1-9(10-3-5-13(18)12(17)7-10)21-11-4-6-14(22-2)15(8-11)23-16(19)20/h3-9,16,21H,1-2H3. The van der Waals surface area contributed by atoms with Crippen LogP contribution in [0.25, 0.3) is 0 Å². The van der Waals surface area contributed by atoms with Gasteiger partial charge in [-0.2, -0.15) is 8.78 Å². The van der Waals surface area contributed by atoms with Crippen LogP contribution >= 0.6 is 11.6 Å². The third-order valence-corrected chi connectivity index (χ3v) is 3.50. The SMILES string of the molecule is COc1ccc(NC(C)c2ccc(F)c(Cl)c2)cc1OC(F)F. The minimum absolute atomic E-state index is 0.0209. The summed E-state index contributed by atoms with van der Waals surface area (Å²) < 4.78 is 47.5. The van der Waals surface area contributed by atoms with Gasteiger partial charge in [-0.15, -0.1) is 0 Å². The third-order valence-electron chi connectivity index (χ3n) is 3.21. The fraction of sp³-hybridized carbons (Fsp3) is 0.250. The number of hydrogen-bond acceptors (Lipinski definition) is 3. The number of rotatable bonds is 6. The average molecular weight is 346 g/mol. The minimum atomic E-state index is -2.95. The van der Waals surface area contributed by atoms with Gasteiger partial charge < -0.3 is 14.8 Å². The van der Waals surface area contributed by atoms with Crippen molar-refractivity contribution in [3.8, 4) is 11.5 Å². The highest BCUT2D eigenvalue weighted by Crippen LogP contribution is 2.33. The number of ether oxygens (including phenoxy) is 2. The molecular formula is C16H15ClF3NO2. The van der Waals surface area contributed by atoms with Crippen molar-refractivity contribution in [1.82, 2.24) is 0 Å². The van der Waals surface area contributed by atoms with Gasteiger partial charge in [0.05, 0.1) is 12.1 Å². The van der Waals surface area contributed by atoms with Crippen molar-refractivity contribution in [2.45, 2.75) is 19.6 Å². The molecule has 0 aromatic heterocycles. The van der Waals surface area contributed by atoms with Gasteiger partial charge in [-0.05, 0) is 36.8 Å². The Hall–Kier alpha value is -2.08. The number of halogens is 4. The van der Waals surface area contributed by atoms with E-state index in [4.69, 9.17) is 16.3 Å². The van der Waals surface area contributed by atoms with Gasteiger partial charge in [0, 0.05) is 17.8 Å². The fourth-order valence-electron chi connectivity index (χ4n) is 2.07. The maximum Gasteiger partial charge on any atom is 0.387 e. The maximum absolute atomic E-state index is 13.2. The Morgan fingerprint density at radius 2 is 1.83 bits per heavy atom. The van der Waals surface area contributed by atoms with Gasteiger partial charge in [-0.3, -0.25) is 0 Å². The molecule has 0 amide bonds. The Morgan fingerprint density at radius 3 is 2.43 bits per heavy atom. The molecule has 1 atom stereocenters. The highest BCUT2D eigenvalue weighted by atomic mass is 35.5. The summed E-state index contributed by atoms with van der Waals surface area (Å²) in [5.41, 5.74) is 1.30. The smallest absolute Gasteiger partial charge is 0.387 e. The Kier molecular flexibility index (Phi) is 5.60. The summed E-state index contributed by atoms with van der Waals surface area (Å²) in [6, 6.07) is 8.75. The van der Waals surface area contributed by atoms with Crippen LogP contribution in [0, 0.1) is 5.82 Å². The summed E-state index contributed by atoms with van der Waals surface area (Å²) >= 11 is 5.76. The van der Waals surface area contributed by atoms with Crippen LogP contribution in [0.2, 0.25) is 5.02 Å². The first-order chi connectivity index (χ1) is 10.9. The van der Waals surface area contributed by atoms with Crippen LogP contribution in [0.4, 0.5) is 18.9 Å². The van der Waals surface area contributed by atoms with Crippen molar-refractivity contribution < 1.29 is 22.6 Å². The second-order valence-electron chi connectivity index (χ2n) is 4.78. The Balaban J connectivity index is 2.19. The zero-order valence-electron chi connectivity index (χ0n) is 12.4. The summed E-state index contributed by atoms with van der Waals surface area (Å²) in [6.45, 7) is -1.12. The second kappa shape index (κ2) is 7.46. The first-order valence-corrected chi connectivity index (χ1v) is 7.13. The van der Waals surface area contributed by atoms with Gasteiger partial charge in [0.15, 0.2) is 11.5 Å². The topological polar surface area (TPSA) is 30.5 Å². The molecule has 124 valence electrons. The van der Waals surface area contributed by atoms with Crippen molar-refractivity contribution in [3.63, 3.8) is 0 Å². The highest BCUT2D eigenvalue weighted by Gasteiger charge is 2.13. The van der Waals surface area contributed by atoms with E-state index in [-0.39, 0.29) is 22.6 Å². The Bertz CT molecular complexity index is 682. The number of anilines is 1. The van der Waals surface area contributed by atoms with Gasteiger partial charge in [0.25, 0.3) is 0 Å². The molecule has 0 aliphatic carbocycles. The predicted octanol–water partition coefficient (Wildman–Crippen LogP) is 5.26. The molecule has 23 heavy (non-hydrogen) atoms. The van der Waals surface area contributed by atoms with Crippen molar-refractivity contribution in [1.29, 1.82) is 0 Å². The van der Waals surface area contributed by atoms with E-state index in [0.717, 1.165) is 5.56 Å². The molecule has 3 nitrogen and oxygen atoms in total. The van der Waals surface area contributed by atoms with Gasteiger partial charge in [0.1, 0.15) is 5.82 Å². The fourth-order valence-corrected chi connectivity index (χ4v) is 2.26. The van der Waals surface area contributed by atoms with Crippen LogP contribution in [0.3, 0.4) is 0 Å².